The number of carboxylic acids is 1. The van der Waals surface area contributed by atoms with E-state index in [4.69, 9.17) is 12.2 Å². The molecule has 1 saturated heterocycles. The third-order valence-corrected chi connectivity index (χ3v) is 5.19. The zero-order valence-electron chi connectivity index (χ0n) is 11.9. The first kappa shape index (κ1) is 13.7. The molecular formula is C16H17N3O2S. The smallest absolute Gasteiger partial charge is 0.321 e. The van der Waals surface area contributed by atoms with Gasteiger partial charge in [-0.15, -0.1) is 0 Å². The van der Waals surface area contributed by atoms with Gasteiger partial charge in [0, 0.05) is 35.5 Å². The molecule has 3 heterocycles. The number of aromatic amines is 1. The summed E-state index contributed by atoms with van der Waals surface area (Å²) in [6.45, 7) is 0.856. The number of aliphatic carboxylic acids is 1. The van der Waals surface area contributed by atoms with Gasteiger partial charge in [0.1, 0.15) is 6.04 Å². The van der Waals surface area contributed by atoms with Gasteiger partial charge in [-0.25, -0.2) is 0 Å². The summed E-state index contributed by atoms with van der Waals surface area (Å²) in [5.74, 6) is -0.665. The van der Waals surface area contributed by atoms with Crippen LogP contribution in [0, 0.1) is 5.92 Å². The normalized spacial score (nSPS) is 27.6. The Morgan fingerprint density at radius 3 is 2.86 bits per heavy atom. The van der Waals surface area contributed by atoms with Crippen LogP contribution in [0.3, 0.4) is 0 Å². The van der Waals surface area contributed by atoms with Crippen molar-refractivity contribution in [2.75, 3.05) is 6.54 Å². The Bertz CT molecular complexity index is 770. The number of H-pyrrole nitrogens is 1. The van der Waals surface area contributed by atoms with E-state index in [1.165, 1.54) is 0 Å². The van der Waals surface area contributed by atoms with E-state index in [0.717, 1.165) is 40.1 Å². The van der Waals surface area contributed by atoms with Crippen molar-refractivity contribution in [2.45, 2.75) is 24.9 Å². The van der Waals surface area contributed by atoms with E-state index in [2.05, 4.69) is 21.7 Å². The number of benzene rings is 1. The first-order chi connectivity index (χ1) is 10.6. The largest absolute Gasteiger partial charge is 0.480 e. The zero-order chi connectivity index (χ0) is 15.3. The number of nitrogens with one attached hydrogen (secondary N) is 3. The minimum Gasteiger partial charge on any atom is -0.480 e. The third kappa shape index (κ3) is 2.02. The second-order valence-corrected chi connectivity index (χ2v) is 6.43. The van der Waals surface area contributed by atoms with Gasteiger partial charge in [-0.3, -0.25) is 10.1 Å². The van der Waals surface area contributed by atoms with Gasteiger partial charge in [0.15, 0.2) is 0 Å². The molecular weight excluding hydrogens is 298 g/mol. The van der Waals surface area contributed by atoms with E-state index in [-0.39, 0.29) is 12.0 Å². The molecule has 1 fully saturated rings. The minimum absolute atomic E-state index is 0.0697. The molecule has 0 aliphatic carbocycles. The third-order valence-electron chi connectivity index (χ3n) is 4.74. The first-order valence-corrected chi connectivity index (χ1v) is 7.92. The Hall–Kier alpha value is -1.92. The molecule has 4 N–H and O–H groups in total. The summed E-state index contributed by atoms with van der Waals surface area (Å²) < 4.78 is 0. The molecule has 0 bridgehead atoms. The van der Waals surface area contributed by atoms with Gasteiger partial charge >= 0.3 is 5.97 Å². The van der Waals surface area contributed by atoms with E-state index in [1.54, 1.807) is 0 Å². The summed E-state index contributed by atoms with van der Waals surface area (Å²) in [5, 5.41) is 17.1. The Kier molecular flexibility index (Phi) is 3.16. The highest BCUT2D eigenvalue weighted by Crippen LogP contribution is 2.37. The number of fused-ring (bicyclic) bond motifs is 3. The fraction of sp³-hybridized carbons (Fsp3) is 0.375. The lowest BCUT2D eigenvalue weighted by Crippen LogP contribution is -2.47. The van der Waals surface area contributed by atoms with Gasteiger partial charge in [0.2, 0.25) is 0 Å². The molecule has 4 rings (SSSR count). The number of hydrogen-bond donors (Lipinski definition) is 4. The second kappa shape index (κ2) is 5.07. The molecule has 2 aliphatic heterocycles. The monoisotopic (exact) mass is 315 g/mol. The zero-order valence-corrected chi connectivity index (χ0v) is 12.7. The average molecular weight is 315 g/mol. The van der Waals surface area contributed by atoms with Crippen molar-refractivity contribution in [1.82, 2.24) is 15.6 Å². The van der Waals surface area contributed by atoms with Crippen LogP contribution in [0.15, 0.2) is 24.3 Å². The van der Waals surface area contributed by atoms with Crippen LogP contribution in [-0.4, -0.2) is 33.6 Å². The lowest BCUT2D eigenvalue weighted by atomic mass is 9.86. The highest BCUT2D eigenvalue weighted by molar-refractivity contribution is 7.80. The van der Waals surface area contributed by atoms with E-state index in [0.29, 0.717) is 6.42 Å². The Balaban J connectivity index is 1.85. The fourth-order valence-electron chi connectivity index (χ4n) is 3.68. The predicted molar refractivity (Wildman–Crippen MR) is 88.0 cm³/mol. The molecule has 2 aliphatic rings. The standard InChI is InChI=1S/C16H17N3O2S/c20-16(21)12-7-10-8-3-1-2-4-11(8)18-14(10)13(19-12)9-5-6-17-15(9)22/h1-4,9,12-13,18-19H,5-7H2,(H,17,22)(H,20,21)/t9-,12+,13+/m1/s1. The Morgan fingerprint density at radius 1 is 1.32 bits per heavy atom. The number of aromatic nitrogens is 1. The molecule has 1 aromatic heterocycles. The van der Waals surface area contributed by atoms with Crippen LogP contribution >= 0.6 is 12.2 Å². The topological polar surface area (TPSA) is 77.1 Å². The molecule has 3 atom stereocenters. The lowest BCUT2D eigenvalue weighted by molar-refractivity contribution is -0.140. The molecule has 0 unspecified atom stereocenters. The number of carboxylic acid groups (broad SMARTS) is 1. The van der Waals surface area contributed by atoms with Crippen LogP contribution in [-0.2, 0) is 11.2 Å². The van der Waals surface area contributed by atoms with Crippen molar-refractivity contribution in [3.63, 3.8) is 0 Å². The van der Waals surface area contributed by atoms with E-state index in [1.807, 2.05) is 18.2 Å². The summed E-state index contributed by atoms with van der Waals surface area (Å²) in [7, 11) is 0. The summed E-state index contributed by atoms with van der Waals surface area (Å²) in [6, 6.07) is 7.43. The highest BCUT2D eigenvalue weighted by atomic mass is 32.1. The Morgan fingerprint density at radius 2 is 2.14 bits per heavy atom. The van der Waals surface area contributed by atoms with Crippen LogP contribution in [0.1, 0.15) is 23.7 Å². The van der Waals surface area contributed by atoms with Crippen LogP contribution in [0.2, 0.25) is 0 Å². The number of carbonyl (C=O) groups is 1. The second-order valence-electron chi connectivity index (χ2n) is 5.99. The van der Waals surface area contributed by atoms with Crippen molar-refractivity contribution in [2.24, 2.45) is 5.92 Å². The molecule has 1 aromatic carbocycles. The number of rotatable bonds is 2. The van der Waals surface area contributed by atoms with Crippen molar-refractivity contribution >= 4 is 34.1 Å². The summed E-state index contributed by atoms with van der Waals surface area (Å²) >= 11 is 5.42. The summed E-state index contributed by atoms with van der Waals surface area (Å²) in [4.78, 5) is 15.9. The molecule has 114 valence electrons. The summed E-state index contributed by atoms with van der Waals surface area (Å²) in [5.41, 5.74) is 3.26. The lowest BCUT2D eigenvalue weighted by Gasteiger charge is -2.32. The molecule has 0 saturated carbocycles. The van der Waals surface area contributed by atoms with Crippen molar-refractivity contribution in [3.05, 3.63) is 35.5 Å². The quantitative estimate of drug-likeness (QED) is 0.635. The Labute approximate surface area is 133 Å². The summed E-state index contributed by atoms with van der Waals surface area (Å²) in [6.07, 6.45) is 1.43. The fourth-order valence-corrected chi connectivity index (χ4v) is 4.03. The maximum absolute atomic E-state index is 11.5. The molecule has 0 amide bonds. The van der Waals surface area contributed by atoms with Crippen LogP contribution in [0.5, 0.6) is 0 Å². The van der Waals surface area contributed by atoms with Gasteiger partial charge in [-0.2, -0.15) is 0 Å². The van der Waals surface area contributed by atoms with Crippen molar-refractivity contribution < 1.29 is 9.90 Å². The van der Waals surface area contributed by atoms with E-state index < -0.39 is 12.0 Å². The molecule has 2 aromatic rings. The van der Waals surface area contributed by atoms with Crippen LogP contribution < -0.4 is 10.6 Å². The van der Waals surface area contributed by atoms with Gasteiger partial charge in [-0.1, -0.05) is 30.4 Å². The number of para-hydroxylation sites is 1. The SMILES string of the molecule is O=C(O)[C@@H]1Cc2c([nH]c3ccccc23)[C@H]([C@H]2CCNC2=S)N1. The van der Waals surface area contributed by atoms with Gasteiger partial charge in [-0.05, 0) is 18.1 Å². The van der Waals surface area contributed by atoms with Gasteiger partial charge in [0.05, 0.1) is 11.0 Å². The molecule has 5 nitrogen and oxygen atoms in total. The van der Waals surface area contributed by atoms with Crippen molar-refractivity contribution in [3.8, 4) is 0 Å². The number of hydrogen-bond acceptors (Lipinski definition) is 3. The molecule has 0 radical (unpaired) electrons. The van der Waals surface area contributed by atoms with Crippen molar-refractivity contribution in [1.29, 1.82) is 0 Å². The van der Waals surface area contributed by atoms with Gasteiger partial charge < -0.3 is 15.4 Å². The van der Waals surface area contributed by atoms with Gasteiger partial charge in [0.25, 0.3) is 0 Å². The predicted octanol–water partition coefficient (Wildman–Crippen LogP) is 1.74. The number of thiocarbonyl (C=S) groups is 1. The van der Waals surface area contributed by atoms with Crippen LogP contribution in [0.4, 0.5) is 0 Å². The minimum atomic E-state index is -0.808. The molecule has 22 heavy (non-hydrogen) atoms. The highest BCUT2D eigenvalue weighted by Gasteiger charge is 2.39. The van der Waals surface area contributed by atoms with Crippen LogP contribution in [0.25, 0.3) is 10.9 Å². The maximum Gasteiger partial charge on any atom is 0.321 e. The maximum atomic E-state index is 11.5. The van der Waals surface area contributed by atoms with E-state index in [9.17, 15) is 9.90 Å². The molecule has 6 heteroatoms. The average Bonchev–Trinajstić information content (AvgIpc) is 3.09. The molecule has 0 spiro atoms. The first-order valence-electron chi connectivity index (χ1n) is 7.51. The van der Waals surface area contributed by atoms with E-state index >= 15 is 0 Å².